The van der Waals surface area contributed by atoms with E-state index in [-0.39, 0.29) is 29.8 Å². The Labute approximate surface area is 127 Å². The average Bonchev–Trinajstić information content (AvgIpc) is 2.47. The van der Waals surface area contributed by atoms with E-state index >= 15 is 0 Å². The van der Waals surface area contributed by atoms with Gasteiger partial charge in [-0.3, -0.25) is 4.79 Å². The van der Waals surface area contributed by atoms with Gasteiger partial charge in [-0.25, -0.2) is 0 Å². The third kappa shape index (κ3) is 4.88. The van der Waals surface area contributed by atoms with E-state index in [1.54, 1.807) is 7.11 Å². The van der Waals surface area contributed by atoms with Gasteiger partial charge in [0.25, 0.3) is 0 Å². The second kappa shape index (κ2) is 8.82. The minimum atomic E-state index is -0.241. The predicted octanol–water partition coefficient (Wildman–Crippen LogP) is 1.11. The fourth-order valence-corrected chi connectivity index (χ4v) is 2.97. The van der Waals surface area contributed by atoms with Crippen molar-refractivity contribution in [3.63, 3.8) is 0 Å². The Balaban J connectivity index is 0.00000200. The molecule has 1 atom stereocenters. The molecule has 2 heterocycles. The zero-order valence-electron chi connectivity index (χ0n) is 12.3. The molecule has 6 heteroatoms. The molecule has 0 bridgehead atoms. The van der Waals surface area contributed by atoms with Gasteiger partial charge in [0.2, 0.25) is 5.91 Å². The molecule has 1 amide bonds. The molecule has 0 spiro atoms. The van der Waals surface area contributed by atoms with E-state index in [1.165, 1.54) is 0 Å². The van der Waals surface area contributed by atoms with Crippen molar-refractivity contribution < 1.29 is 14.3 Å². The first-order chi connectivity index (χ1) is 9.26. The lowest BCUT2D eigenvalue weighted by atomic mass is 9.79. The summed E-state index contributed by atoms with van der Waals surface area (Å²) in [6, 6.07) is 0. The first-order valence-corrected chi connectivity index (χ1v) is 7.35. The van der Waals surface area contributed by atoms with Gasteiger partial charge < -0.3 is 20.1 Å². The molecule has 2 aliphatic rings. The first-order valence-electron chi connectivity index (χ1n) is 7.35. The largest absolute Gasteiger partial charge is 0.384 e. The molecule has 2 rings (SSSR count). The van der Waals surface area contributed by atoms with Crippen LogP contribution in [0, 0.1) is 5.41 Å². The number of amides is 1. The summed E-state index contributed by atoms with van der Waals surface area (Å²) in [7, 11) is 1.73. The lowest BCUT2D eigenvalue weighted by Crippen LogP contribution is -2.49. The molecule has 0 aromatic carbocycles. The molecule has 0 aromatic heterocycles. The summed E-state index contributed by atoms with van der Waals surface area (Å²) < 4.78 is 10.9. The van der Waals surface area contributed by atoms with Crippen LogP contribution in [-0.2, 0) is 14.3 Å². The van der Waals surface area contributed by atoms with Gasteiger partial charge in [0.1, 0.15) is 6.10 Å². The van der Waals surface area contributed by atoms with Crippen LogP contribution in [0.15, 0.2) is 0 Å². The monoisotopic (exact) mass is 306 g/mol. The van der Waals surface area contributed by atoms with Gasteiger partial charge in [0.15, 0.2) is 0 Å². The maximum atomic E-state index is 12.1. The van der Waals surface area contributed by atoms with Crippen LogP contribution in [0.2, 0.25) is 0 Å². The third-order valence-electron chi connectivity index (χ3n) is 4.22. The summed E-state index contributed by atoms with van der Waals surface area (Å²) in [5.41, 5.74) is 0.0876. The zero-order chi connectivity index (χ0) is 13.6. The summed E-state index contributed by atoms with van der Waals surface area (Å²) in [6.45, 7) is 4.12. The summed E-state index contributed by atoms with van der Waals surface area (Å²) in [5.74, 6) is 0.0497. The standard InChI is InChI=1S/C14H26N2O3.ClH/c1-18-11-14(5-7-15-8-6-14)10-16-13(17)12-4-2-3-9-19-12;/h12,15H,2-11H2,1H3,(H,16,17);1H. The Bertz CT molecular complexity index is 285. The number of hydrogen-bond donors (Lipinski definition) is 2. The number of carbonyl (C=O) groups excluding carboxylic acids is 1. The highest BCUT2D eigenvalue weighted by Crippen LogP contribution is 2.28. The lowest BCUT2D eigenvalue weighted by molar-refractivity contribution is -0.136. The van der Waals surface area contributed by atoms with Crippen LogP contribution in [0.4, 0.5) is 0 Å². The van der Waals surface area contributed by atoms with E-state index in [2.05, 4.69) is 10.6 Å². The van der Waals surface area contributed by atoms with E-state index in [4.69, 9.17) is 9.47 Å². The fraction of sp³-hybridized carbons (Fsp3) is 0.929. The fourth-order valence-electron chi connectivity index (χ4n) is 2.97. The molecule has 0 saturated carbocycles. The summed E-state index contributed by atoms with van der Waals surface area (Å²) in [5, 5.41) is 6.43. The van der Waals surface area contributed by atoms with Crippen molar-refractivity contribution in [2.24, 2.45) is 5.41 Å². The van der Waals surface area contributed by atoms with Crippen LogP contribution in [0.25, 0.3) is 0 Å². The Hall–Kier alpha value is -0.360. The first kappa shape index (κ1) is 17.7. The van der Waals surface area contributed by atoms with Crippen molar-refractivity contribution in [3.8, 4) is 0 Å². The molecular formula is C14H27ClN2O3. The summed E-state index contributed by atoms with van der Waals surface area (Å²) in [6.07, 6.45) is 4.87. The second-order valence-electron chi connectivity index (χ2n) is 5.76. The number of piperidine rings is 1. The number of ether oxygens (including phenoxy) is 2. The maximum Gasteiger partial charge on any atom is 0.249 e. The minimum absolute atomic E-state index is 0. The number of carbonyl (C=O) groups is 1. The minimum Gasteiger partial charge on any atom is -0.384 e. The third-order valence-corrected chi connectivity index (χ3v) is 4.22. The molecule has 0 aliphatic carbocycles. The molecule has 1 unspecified atom stereocenters. The van der Waals surface area contributed by atoms with Crippen molar-refractivity contribution in [1.82, 2.24) is 10.6 Å². The number of halogens is 1. The topological polar surface area (TPSA) is 59.6 Å². The highest BCUT2D eigenvalue weighted by Gasteiger charge is 2.33. The molecule has 2 aliphatic heterocycles. The van der Waals surface area contributed by atoms with E-state index < -0.39 is 0 Å². The highest BCUT2D eigenvalue weighted by atomic mass is 35.5. The van der Waals surface area contributed by atoms with Gasteiger partial charge in [0.05, 0.1) is 6.61 Å². The highest BCUT2D eigenvalue weighted by molar-refractivity contribution is 5.85. The van der Waals surface area contributed by atoms with E-state index in [9.17, 15) is 4.79 Å². The van der Waals surface area contributed by atoms with Gasteiger partial charge >= 0.3 is 0 Å². The van der Waals surface area contributed by atoms with Gasteiger partial charge in [-0.1, -0.05) is 0 Å². The van der Waals surface area contributed by atoms with Crippen LogP contribution in [-0.4, -0.2) is 52.0 Å². The lowest BCUT2D eigenvalue weighted by Gasteiger charge is -2.37. The molecule has 2 saturated heterocycles. The van der Waals surface area contributed by atoms with Crippen molar-refractivity contribution in [2.75, 3.05) is 40.0 Å². The van der Waals surface area contributed by atoms with Crippen molar-refractivity contribution >= 4 is 18.3 Å². The Morgan fingerprint density at radius 2 is 2.15 bits per heavy atom. The number of methoxy groups -OCH3 is 1. The quantitative estimate of drug-likeness (QED) is 0.799. The zero-order valence-corrected chi connectivity index (χ0v) is 13.1. The van der Waals surface area contributed by atoms with Gasteiger partial charge in [0, 0.05) is 25.7 Å². The molecule has 5 nitrogen and oxygen atoms in total. The number of hydrogen-bond acceptors (Lipinski definition) is 4. The van der Waals surface area contributed by atoms with Crippen LogP contribution >= 0.6 is 12.4 Å². The Kier molecular flexibility index (Phi) is 7.80. The normalized spacial score (nSPS) is 25.6. The average molecular weight is 307 g/mol. The van der Waals surface area contributed by atoms with Crippen LogP contribution < -0.4 is 10.6 Å². The SMILES string of the molecule is COCC1(CNC(=O)C2CCCCO2)CCNCC1.Cl. The smallest absolute Gasteiger partial charge is 0.249 e. The Morgan fingerprint density at radius 1 is 1.40 bits per heavy atom. The van der Waals surface area contributed by atoms with Crippen LogP contribution in [0.1, 0.15) is 32.1 Å². The molecule has 0 radical (unpaired) electrons. The van der Waals surface area contributed by atoms with Crippen molar-refractivity contribution in [1.29, 1.82) is 0 Å². The number of nitrogens with one attached hydrogen (secondary N) is 2. The maximum absolute atomic E-state index is 12.1. The van der Waals surface area contributed by atoms with Crippen LogP contribution in [0.5, 0.6) is 0 Å². The van der Waals surface area contributed by atoms with Crippen molar-refractivity contribution in [2.45, 2.75) is 38.2 Å². The molecule has 2 fully saturated rings. The number of rotatable bonds is 5. The molecule has 118 valence electrons. The van der Waals surface area contributed by atoms with Gasteiger partial charge in [-0.05, 0) is 45.2 Å². The van der Waals surface area contributed by atoms with E-state index in [0.29, 0.717) is 19.8 Å². The van der Waals surface area contributed by atoms with Crippen LogP contribution in [0.3, 0.4) is 0 Å². The molecule has 0 aromatic rings. The van der Waals surface area contributed by atoms with E-state index in [0.717, 1.165) is 45.2 Å². The van der Waals surface area contributed by atoms with Gasteiger partial charge in [-0.15, -0.1) is 12.4 Å². The van der Waals surface area contributed by atoms with E-state index in [1.807, 2.05) is 0 Å². The molecule has 2 N–H and O–H groups in total. The predicted molar refractivity (Wildman–Crippen MR) is 80.3 cm³/mol. The molecule has 20 heavy (non-hydrogen) atoms. The second-order valence-corrected chi connectivity index (χ2v) is 5.76. The summed E-state index contributed by atoms with van der Waals surface area (Å²) in [4.78, 5) is 12.1. The van der Waals surface area contributed by atoms with Crippen molar-refractivity contribution in [3.05, 3.63) is 0 Å². The molecular weight excluding hydrogens is 280 g/mol. The van der Waals surface area contributed by atoms with Gasteiger partial charge in [-0.2, -0.15) is 0 Å². The summed E-state index contributed by atoms with van der Waals surface area (Å²) >= 11 is 0. The Morgan fingerprint density at radius 3 is 2.75 bits per heavy atom.